The molecule has 6 nitrogen and oxygen atoms in total. The second-order valence-corrected chi connectivity index (χ2v) is 7.56. The van der Waals surface area contributed by atoms with Crippen molar-refractivity contribution < 1.29 is 29.0 Å². The van der Waals surface area contributed by atoms with Gasteiger partial charge in [0.1, 0.15) is 5.75 Å². The van der Waals surface area contributed by atoms with E-state index in [2.05, 4.69) is 0 Å². The SMILES string of the molecule is COC(Cc1ccc(C(=O)CCCOc2ccc(C(=O)c3ccccc3)cc2)cc1)C(=O)O. The van der Waals surface area contributed by atoms with Gasteiger partial charge in [-0.05, 0) is 36.2 Å². The maximum atomic E-state index is 12.4. The molecule has 0 aliphatic rings. The van der Waals surface area contributed by atoms with Gasteiger partial charge < -0.3 is 14.6 Å². The van der Waals surface area contributed by atoms with Crippen molar-refractivity contribution in [1.82, 2.24) is 0 Å². The van der Waals surface area contributed by atoms with Gasteiger partial charge in [0.05, 0.1) is 6.61 Å². The van der Waals surface area contributed by atoms with E-state index in [1.54, 1.807) is 60.7 Å². The highest BCUT2D eigenvalue weighted by Gasteiger charge is 2.17. The third-order valence-corrected chi connectivity index (χ3v) is 5.23. The van der Waals surface area contributed by atoms with Crippen LogP contribution in [-0.4, -0.2) is 42.5 Å². The minimum Gasteiger partial charge on any atom is -0.494 e. The number of aliphatic carboxylic acids is 1. The van der Waals surface area contributed by atoms with Crippen molar-refractivity contribution in [2.24, 2.45) is 0 Å². The monoisotopic (exact) mass is 446 g/mol. The quantitative estimate of drug-likeness (QED) is 0.323. The minimum absolute atomic E-state index is 0.00418. The number of hydrogen-bond acceptors (Lipinski definition) is 5. The van der Waals surface area contributed by atoms with Gasteiger partial charge in [-0.1, -0.05) is 54.6 Å². The number of carbonyl (C=O) groups is 3. The Morgan fingerprint density at radius 2 is 1.42 bits per heavy atom. The van der Waals surface area contributed by atoms with Gasteiger partial charge in [0, 0.05) is 36.6 Å². The summed E-state index contributed by atoms with van der Waals surface area (Å²) in [6, 6.07) is 23.0. The van der Waals surface area contributed by atoms with E-state index in [0.717, 1.165) is 5.56 Å². The van der Waals surface area contributed by atoms with Crippen LogP contribution in [0.15, 0.2) is 78.9 Å². The van der Waals surface area contributed by atoms with E-state index in [4.69, 9.17) is 14.6 Å². The van der Waals surface area contributed by atoms with Crippen molar-refractivity contribution in [1.29, 1.82) is 0 Å². The predicted molar refractivity (Wildman–Crippen MR) is 124 cm³/mol. The van der Waals surface area contributed by atoms with Gasteiger partial charge in [-0.2, -0.15) is 0 Å². The number of rotatable bonds is 12. The molecule has 3 rings (SSSR count). The molecule has 0 aliphatic heterocycles. The van der Waals surface area contributed by atoms with E-state index in [-0.39, 0.29) is 18.0 Å². The largest absolute Gasteiger partial charge is 0.494 e. The second-order valence-electron chi connectivity index (χ2n) is 7.56. The molecule has 1 unspecified atom stereocenters. The summed E-state index contributed by atoms with van der Waals surface area (Å²) < 4.78 is 10.6. The van der Waals surface area contributed by atoms with Crippen molar-refractivity contribution in [2.45, 2.75) is 25.4 Å². The highest BCUT2D eigenvalue weighted by molar-refractivity contribution is 6.09. The van der Waals surface area contributed by atoms with E-state index >= 15 is 0 Å². The Kier molecular flexibility index (Phi) is 8.49. The average molecular weight is 446 g/mol. The molecule has 0 heterocycles. The van der Waals surface area contributed by atoms with Crippen LogP contribution in [0.5, 0.6) is 5.75 Å². The fourth-order valence-electron chi connectivity index (χ4n) is 3.34. The predicted octanol–water partition coefficient (Wildman–Crippen LogP) is 4.60. The molecular formula is C27H26O6. The molecule has 6 heteroatoms. The summed E-state index contributed by atoms with van der Waals surface area (Å²) in [5, 5.41) is 9.06. The number of ether oxygens (including phenoxy) is 2. The molecule has 1 N–H and O–H groups in total. The Hall–Kier alpha value is -3.77. The van der Waals surface area contributed by atoms with Gasteiger partial charge in [-0.15, -0.1) is 0 Å². The molecule has 0 saturated heterocycles. The van der Waals surface area contributed by atoms with Crippen LogP contribution in [-0.2, 0) is 16.0 Å². The second kappa shape index (κ2) is 11.7. The molecule has 0 spiro atoms. The van der Waals surface area contributed by atoms with E-state index in [1.807, 2.05) is 18.2 Å². The summed E-state index contributed by atoms with van der Waals surface area (Å²) >= 11 is 0. The molecule has 170 valence electrons. The molecule has 0 aliphatic carbocycles. The lowest BCUT2D eigenvalue weighted by atomic mass is 10.0. The van der Waals surface area contributed by atoms with E-state index in [1.165, 1.54) is 7.11 Å². The van der Waals surface area contributed by atoms with Crippen molar-refractivity contribution in [2.75, 3.05) is 13.7 Å². The zero-order valence-electron chi connectivity index (χ0n) is 18.4. The number of benzene rings is 3. The Bertz CT molecular complexity index is 1070. The first-order chi connectivity index (χ1) is 16.0. The Labute approximate surface area is 192 Å². The lowest BCUT2D eigenvalue weighted by Gasteiger charge is -2.10. The Balaban J connectivity index is 1.43. The number of hydrogen-bond donors (Lipinski definition) is 1. The molecular weight excluding hydrogens is 420 g/mol. The number of carboxylic acids is 1. The van der Waals surface area contributed by atoms with Crippen LogP contribution >= 0.6 is 0 Å². The average Bonchev–Trinajstić information content (AvgIpc) is 2.85. The summed E-state index contributed by atoms with van der Waals surface area (Å²) in [7, 11) is 1.36. The van der Waals surface area contributed by atoms with Crippen LogP contribution in [0.3, 0.4) is 0 Å². The van der Waals surface area contributed by atoms with Gasteiger partial charge in [0.25, 0.3) is 0 Å². The van der Waals surface area contributed by atoms with E-state index in [0.29, 0.717) is 41.9 Å². The van der Waals surface area contributed by atoms with Crippen molar-refractivity contribution in [3.05, 3.63) is 101 Å². The molecule has 0 amide bonds. The molecule has 0 bridgehead atoms. The first kappa shape index (κ1) is 23.9. The lowest BCUT2D eigenvalue weighted by Crippen LogP contribution is -2.24. The normalized spacial score (nSPS) is 11.5. The fourth-order valence-corrected chi connectivity index (χ4v) is 3.34. The fraction of sp³-hybridized carbons (Fsp3) is 0.222. The van der Waals surface area contributed by atoms with Gasteiger partial charge >= 0.3 is 5.97 Å². The zero-order valence-corrected chi connectivity index (χ0v) is 18.4. The third-order valence-electron chi connectivity index (χ3n) is 5.23. The molecule has 0 aromatic heterocycles. The van der Waals surface area contributed by atoms with Gasteiger partial charge in [-0.3, -0.25) is 9.59 Å². The van der Waals surface area contributed by atoms with Gasteiger partial charge in [0.15, 0.2) is 17.7 Å². The standard InChI is InChI=1S/C27H26O6/c1-32-25(27(30)31)18-19-9-11-20(12-10-19)24(28)8-5-17-33-23-15-13-22(14-16-23)26(29)21-6-3-2-4-7-21/h2-4,6-7,9-16,25H,5,8,17-18H2,1H3,(H,30,31). The maximum absolute atomic E-state index is 12.4. The van der Waals surface area contributed by atoms with Crippen molar-refractivity contribution in [3.63, 3.8) is 0 Å². The van der Waals surface area contributed by atoms with Gasteiger partial charge in [0.2, 0.25) is 0 Å². The highest BCUT2D eigenvalue weighted by atomic mass is 16.5. The first-order valence-electron chi connectivity index (χ1n) is 10.7. The molecule has 3 aromatic rings. The smallest absolute Gasteiger partial charge is 0.333 e. The minimum atomic E-state index is -1.02. The zero-order chi connectivity index (χ0) is 23.6. The highest BCUT2D eigenvalue weighted by Crippen LogP contribution is 2.16. The van der Waals surface area contributed by atoms with Crippen LogP contribution < -0.4 is 4.74 Å². The Morgan fingerprint density at radius 3 is 2.03 bits per heavy atom. The van der Waals surface area contributed by atoms with Crippen LogP contribution in [0, 0.1) is 0 Å². The Morgan fingerprint density at radius 1 is 0.818 bits per heavy atom. The molecule has 33 heavy (non-hydrogen) atoms. The van der Waals surface area contributed by atoms with Crippen LogP contribution in [0.4, 0.5) is 0 Å². The summed E-state index contributed by atoms with van der Waals surface area (Å²) in [5.74, 6) is -0.424. The third kappa shape index (κ3) is 6.85. The number of ketones is 2. The lowest BCUT2D eigenvalue weighted by molar-refractivity contribution is -0.148. The summed E-state index contributed by atoms with van der Waals surface area (Å²) in [6.45, 7) is 0.379. The van der Waals surface area contributed by atoms with Crippen molar-refractivity contribution >= 4 is 17.5 Å². The van der Waals surface area contributed by atoms with Crippen molar-refractivity contribution in [3.8, 4) is 5.75 Å². The summed E-state index contributed by atoms with van der Waals surface area (Å²) in [6.07, 6.45) is 0.217. The van der Waals surface area contributed by atoms with E-state index < -0.39 is 12.1 Å². The number of carboxylic acid groups (broad SMARTS) is 1. The molecule has 0 radical (unpaired) electrons. The number of methoxy groups -OCH3 is 1. The van der Waals surface area contributed by atoms with Crippen LogP contribution in [0.1, 0.15) is 44.7 Å². The number of Topliss-reactive ketones (excluding diaryl/α,β-unsaturated/α-hetero) is 1. The molecule has 3 aromatic carbocycles. The van der Waals surface area contributed by atoms with E-state index in [9.17, 15) is 14.4 Å². The topological polar surface area (TPSA) is 89.9 Å². The number of carbonyl (C=O) groups excluding carboxylic acids is 2. The van der Waals surface area contributed by atoms with Crippen LogP contribution in [0.25, 0.3) is 0 Å². The summed E-state index contributed by atoms with van der Waals surface area (Å²) in [4.78, 5) is 35.9. The molecule has 1 atom stereocenters. The first-order valence-corrected chi connectivity index (χ1v) is 10.7. The maximum Gasteiger partial charge on any atom is 0.333 e. The summed E-state index contributed by atoms with van der Waals surface area (Å²) in [5.41, 5.74) is 2.59. The van der Waals surface area contributed by atoms with Crippen LogP contribution in [0.2, 0.25) is 0 Å². The molecule has 0 fully saturated rings. The molecule has 0 saturated carbocycles. The van der Waals surface area contributed by atoms with Gasteiger partial charge in [-0.25, -0.2) is 4.79 Å².